The zero-order valence-electron chi connectivity index (χ0n) is 18.5. The van der Waals surface area contributed by atoms with Gasteiger partial charge in [-0.25, -0.2) is 13.8 Å². The smallest absolute Gasteiger partial charge is 0.229 e. The number of anilines is 3. The minimum absolute atomic E-state index is 0.102. The molecule has 0 saturated carbocycles. The molecule has 0 radical (unpaired) electrons. The zero-order chi connectivity index (χ0) is 23.1. The molecule has 0 unspecified atom stereocenters. The number of fused-ring (bicyclic) bond motifs is 1. The van der Waals surface area contributed by atoms with Crippen LogP contribution in [-0.2, 0) is 0 Å². The molecule has 0 aliphatic carbocycles. The van der Waals surface area contributed by atoms with Crippen molar-refractivity contribution in [2.24, 2.45) is 11.7 Å². The Kier molecular flexibility index (Phi) is 5.41. The Morgan fingerprint density at radius 3 is 2.64 bits per heavy atom. The Morgan fingerprint density at radius 1 is 1.09 bits per heavy atom. The van der Waals surface area contributed by atoms with Crippen molar-refractivity contribution in [2.45, 2.75) is 26.3 Å². The Morgan fingerprint density at radius 2 is 1.88 bits per heavy atom. The van der Waals surface area contributed by atoms with Crippen LogP contribution in [0.1, 0.15) is 18.9 Å². The molecule has 4 heterocycles. The first-order valence-corrected chi connectivity index (χ1v) is 10.9. The highest BCUT2D eigenvalue weighted by Crippen LogP contribution is 2.31. The molecule has 3 aromatic heterocycles. The van der Waals surface area contributed by atoms with Crippen LogP contribution in [0.4, 0.5) is 26.1 Å². The van der Waals surface area contributed by atoms with Crippen LogP contribution < -0.4 is 16.0 Å². The van der Waals surface area contributed by atoms with Crippen LogP contribution in [0.3, 0.4) is 0 Å². The number of aryl methyl sites for hydroxylation is 1. The van der Waals surface area contributed by atoms with E-state index in [2.05, 4.69) is 32.2 Å². The van der Waals surface area contributed by atoms with Gasteiger partial charge in [-0.1, -0.05) is 6.92 Å². The number of nitrogens with one attached hydrogen (secondary N) is 1. The van der Waals surface area contributed by atoms with E-state index >= 15 is 0 Å². The summed E-state index contributed by atoms with van der Waals surface area (Å²) in [5.74, 6) is -0.410. The maximum atomic E-state index is 14.5. The van der Waals surface area contributed by atoms with Crippen molar-refractivity contribution in [2.75, 3.05) is 23.3 Å². The van der Waals surface area contributed by atoms with Gasteiger partial charge < -0.3 is 16.0 Å². The minimum Gasteiger partial charge on any atom is -0.368 e. The number of imidazole rings is 1. The first kappa shape index (κ1) is 21.3. The SMILES string of the molecule is Cc1cc(F)c(-c2ccc3cnc(Nc4cnccc4N4C[C@H](C)C[C@H](N)C4)n3n2)c(F)c1. The molecule has 2 atom stereocenters. The summed E-state index contributed by atoms with van der Waals surface area (Å²) in [4.78, 5) is 10.9. The molecule has 1 saturated heterocycles. The van der Waals surface area contributed by atoms with E-state index in [9.17, 15) is 8.78 Å². The molecule has 7 nitrogen and oxygen atoms in total. The molecule has 0 bridgehead atoms. The summed E-state index contributed by atoms with van der Waals surface area (Å²) in [5, 5.41) is 7.77. The fourth-order valence-electron chi connectivity index (χ4n) is 4.52. The van der Waals surface area contributed by atoms with Crippen molar-refractivity contribution in [1.29, 1.82) is 0 Å². The molecule has 9 heteroatoms. The summed E-state index contributed by atoms with van der Waals surface area (Å²) in [6.07, 6.45) is 6.11. The molecule has 1 aliphatic heterocycles. The third-order valence-electron chi connectivity index (χ3n) is 5.90. The van der Waals surface area contributed by atoms with Gasteiger partial charge in [-0.3, -0.25) is 4.98 Å². The van der Waals surface area contributed by atoms with Crippen LogP contribution in [0.5, 0.6) is 0 Å². The summed E-state index contributed by atoms with van der Waals surface area (Å²) in [7, 11) is 0. The molecule has 1 fully saturated rings. The van der Waals surface area contributed by atoms with Gasteiger partial charge in [0.2, 0.25) is 5.95 Å². The summed E-state index contributed by atoms with van der Waals surface area (Å²) >= 11 is 0. The van der Waals surface area contributed by atoms with Gasteiger partial charge in [-0.2, -0.15) is 9.61 Å². The van der Waals surface area contributed by atoms with E-state index in [1.807, 2.05) is 6.07 Å². The van der Waals surface area contributed by atoms with E-state index in [0.29, 0.717) is 22.9 Å². The fraction of sp³-hybridized carbons (Fsp3) is 0.292. The maximum absolute atomic E-state index is 14.5. The van der Waals surface area contributed by atoms with Crippen LogP contribution in [0.15, 0.2) is 48.9 Å². The lowest BCUT2D eigenvalue weighted by molar-refractivity contribution is 0.402. The average molecular weight is 450 g/mol. The number of rotatable bonds is 4. The lowest BCUT2D eigenvalue weighted by atomic mass is 9.96. The van der Waals surface area contributed by atoms with Gasteiger partial charge in [-0.15, -0.1) is 0 Å². The molecule has 5 rings (SSSR count). The normalized spacial score (nSPS) is 18.6. The van der Waals surface area contributed by atoms with Crippen LogP contribution >= 0.6 is 0 Å². The summed E-state index contributed by atoms with van der Waals surface area (Å²) in [6, 6.07) is 7.95. The Hall–Kier alpha value is -3.59. The second-order valence-corrected chi connectivity index (χ2v) is 8.76. The predicted molar refractivity (Wildman–Crippen MR) is 125 cm³/mol. The number of aromatic nitrogens is 4. The number of pyridine rings is 1. The molecule has 1 aliphatic rings. The molecule has 33 heavy (non-hydrogen) atoms. The highest BCUT2D eigenvalue weighted by molar-refractivity contribution is 5.74. The van der Waals surface area contributed by atoms with Crippen molar-refractivity contribution < 1.29 is 8.78 Å². The molecule has 0 spiro atoms. The number of hydrogen-bond acceptors (Lipinski definition) is 6. The average Bonchev–Trinajstić information content (AvgIpc) is 3.15. The Bertz CT molecular complexity index is 1290. The summed E-state index contributed by atoms with van der Waals surface area (Å²) < 4.78 is 30.6. The third-order valence-corrected chi connectivity index (χ3v) is 5.90. The van der Waals surface area contributed by atoms with Crippen molar-refractivity contribution >= 4 is 22.8 Å². The van der Waals surface area contributed by atoms with Crippen molar-refractivity contribution in [3.05, 3.63) is 66.1 Å². The molecule has 3 N–H and O–H groups in total. The quantitative estimate of drug-likeness (QED) is 0.483. The van der Waals surface area contributed by atoms with Gasteiger partial charge in [0.15, 0.2) is 0 Å². The van der Waals surface area contributed by atoms with Crippen molar-refractivity contribution in [3.63, 3.8) is 0 Å². The lowest BCUT2D eigenvalue weighted by Gasteiger charge is -2.37. The molecule has 1 aromatic carbocycles. The first-order valence-electron chi connectivity index (χ1n) is 10.9. The standard InChI is InChI=1S/C24H25F2N7/c1-14-8-18(25)23(19(26)9-14)20-4-3-17-10-29-24(33(17)31-20)30-21-11-28-6-5-22(21)32-12-15(2)7-16(27)13-32/h3-6,8-11,15-16H,7,12-13,27H2,1-2H3,(H,29,30)/t15-,16+/m1/s1. The Labute approximate surface area is 190 Å². The van der Waals surface area contributed by atoms with E-state index in [-0.39, 0.29) is 17.3 Å². The number of nitrogens with zero attached hydrogens (tertiary/aromatic N) is 5. The van der Waals surface area contributed by atoms with Gasteiger partial charge >= 0.3 is 0 Å². The van der Waals surface area contributed by atoms with Gasteiger partial charge in [0.1, 0.15) is 11.6 Å². The van der Waals surface area contributed by atoms with E-state index in [4.69, 9.17) is 5.73 Å². The topological polar surface area (TPSA) is 84.4 Å². The van der Waals surface area contributed by atoms with Crippen LogP contribution in [-0.4, -0.2) is 38.7 Å². The predicted octanol–water partition coefficient (Wildman–Crippen LogP) is 4.30. The minimum atomic E-state index is -0.654. The number of benzene rings is 1. The second kappa shape index (κ2) is 8.40. The molecule has 4 aromatic rings. The van der Waals surface area contributed by atoms with E-state index in [0.717, 1.165) is 30.9 Å². The number of piperidine rings is 1. The fourth-order valence-corrected chi connectivity index (χ4v) is 4.52. The van der Waals surface area contributed by atoms with E-state index in [1.165, 1.54) is 16.6 Å². The largest absolute Gasteiger partial charge is 0.368 e. The van der Waals surface area contributed by atoms with Crippen molar-refractivity contribution in [1.82, 2.24) is 19.6 Å². The number of halogens is 2. The van der Waals surface area contributed by atoms with Crippen molar-refractivity contribution in [3.8, 4) is 11.3 Å². The second-order valence-electron chi connectivity index (χ2n) is 8.76. The third kappa shape index (κ3) is 4.11. The molecule has 0 amide bonds. The monoisotopic (exact) mass is 449 g/mol. The number of hydrogen-bond donors (Lipinski definition) is 2. The lowest BCUT2D eigenvalue weighted by Crippen LogP contribution is -2.46. The molecular weight excluding hydrogens is 424 g/mol. The highest BCUT2D eigenvalue weighted by Gasteiger charge is 2.24. The first-order chi connectivity index (χ1) is 15.9. The van der Waals surface area contributed by atoms with Gasteiger partial charge in [0.25, 0.3) is 0 Å². The van der Waals surface area contributed by atoms with Crippen LogP contribution in [0.2, 0.25) is 0 Å². The highest BCUT2D eigenvalue weighted by atomic mass is 19.1. The number of nitrogens with two attached hydrogens (primary N) is 1. The Balaban J connectivity index is 1.52. The summed E-state index contributed by atoms with van der Waals surface area (Å²) in [5.41, 5.74) is 9.19. The molecule has 170 valence electrons. The van der Waals surface area contributed by atoms with E-state index in [1.54, 1.807) is 37.6 Å². The zero-order valence-corrected chi connectivity index (χ0v) is 18.5. The summed E-state index contributed by atoms with van der Waals surface area (Å²) in [6.45, 7) is 5.48. The van der Waals surface area contributed by atoms with Gasteiger partial charge in [0, 0.05) is 25.3 Å². The maximum Gasteiger partial charge on any atom is 0.229 e. The van der Waals surface area contributed by atoms with Gasteiger partial charge in [0.05, 0.1) is 40.5 Å². The molecular formula is C24H25F2N7. The van der Waals surface area contributed by atoms with Gasteiger partial charge in [-0.05, 0) is 55.2 Å². The van der Waals surface area contributed by atoms with E-state index < -0.39 is 11.6 Å². The van der Waals surface area contributed by atoms with Crippen LogP contribution in [0.25, 0.3) is 16.8 Å². The van der Waals surface area contributed by atoms with Crippen LogP contribution in [0, 0.1) is 24.5 Å².